The first-order valence-electron chi connectivity index (χ1n) is 8.91. The zero-order chi connectivity index (χ0) is 16.8. The van der Waals surface area contributed by atoms with Crippen LogP contribution in [0.1, 0.15) is 24.8 Å². The molecule has 0 saturated carbocycles. The van der Waals surface area contributed by atoms with Gasteiger partial charge in [-0.25, -0.2) is 0 Å². The molecule has 2 aliphatic heterocycles. The minimum absolute atomic E-state index is 0.358. The maximum absolute atomic E-state index is 5.85. The molecular weight excluding hydrogens is 306 g/mol. The number of benzene rings is 1. The molecule has 0 radical (unpaired) electrons. The van der Waals surface area contributed by atoms with Crippen molar-refractivity contribution in [3.05, 3.63) is 23.8 Å². The molecule has 0 unspecified atom stereocenters. The quantitative estimate of drug-likeness (QED) is 0.730. The van der Waals surface area contributed by atoms with E-state index in [-0.39, 0.29) is 0 Å². The Hall–Kier alpha value is -1.30. The van der Waals surface area contributed by atoms with Gasteiger partial charge in [0.05, 0.1) is 26.9 Å². The molecule has 0 spiro atoms. The average molecular weight is 335 g/mol. The Kier molecular flexibility index (Phi) is 6.35. The summed E-state index contributed by atoms with van der Waals surface area (Å²) in [6.07, 6.45) is 3.85. The lowest BCUT2D eigenvalue weighted by Crippen LogP contribution is -2.36. The van der Waals surface area contributed by atoms with E-state index in [0.717, 1.165) is 63.8 Å². The number of hydrogen-bond acceptors (Lipinski definition) is 5. The monoisotopic (exact) mass is 335 g/mol. The van der Waals surface area contributed by atoms with Gasteiger partial charge in [0.15, 0.2) is 0 Å². The summed E-state index contributed by atoms with van der Waals surface area (Å²) in [5.74, 6) is 2.33. The molecule has 24 heavy (non-hydrogen) atoms. The van der Waals surface area contributed by atoms with Crippen molar-refractivity contribution in [3.8, 4) is 11.5 Å². The van der Waals surface area contributed by atoms with Crippen LogP contribution < -0.4 is 9.47 Å². The van der Waals surface area contributed by atoms with Gasteiger partial charge < -0.3 is 18.9 Å². The molecule has 0 aliphatic carbocycles. The Morgan fingerprint density at radius 2 is 2.04 bits per heavy atom. The molecule has 5 heteroatoms. The minimum atomic E-state index is 0.358. The molecule has 5 nitrogen and oxygen atoms in total. The highest BCUT2D eigenvalue weighted by molar-refractivity contribution is 5.40. The van der Waals surface area contributed by atoms with Gasteiger partial charge in [-0.2, -0.15) is 0 Å². The van der Waals surface area contributed by atoms with Crippen LogP contribution in [0.15, 0.2) is 18.2 Å². The van der Waals surface area contributed by atoms with Crippen LogP contribution in [0.5, 0.6) is 11.5 Å². The maximum atomic E-state index is 5.85. The molecule has 2 fully saturated rings. The first kappa shape index (κ1) is 17.5. The second-order valence-corrected chi connectivity index (χ2v) is 6.74. The second kappa shape index (κ2) is 8.70. The van der Waals surface area contributed by atoms with Crippen molar-refractivity contribution in [2.75, 3.05) is 47.1 Å². The Labute approximate surface area is 144 Å². The van der Waals surface area contributed by atoms with Crippen molar-refractivity contribution in [1.29, 1.82) is 0 Å². The maximum Gasteiger partial charge on any atom is 0.127 e. The molecule has 2 saturated heterocycles. The predicted octanol–water partition coefficient (Wildman–Crippen LogP) is 2.72. The standard InChI is InChI=1S/C19H29NO4/c1-21-17-6-5-16(19(10-17)22-2)12-20(11-15-7-9-23-14-15)13-18-4-3-8-24-18/h5-6,10,15,18H,3-4,7-9,11-14H2,1-2H3/t15-,18-/m1/s1. The van der Waals surface area contributed by atoms with Gasteiger partial charge in [0.1, 0.15) is 11.5 Å². The SMILES string of the molecule is COc1ccc(CN(C[C@H]2CCOC2)C[C@H]2CCCO2)c(OC)c1. The average Bonchev–Trinajstić information content (AvgIpc) is 3.29. The van der Waals surface area contributed by atoms with Gasteiger partial charge in [0.25, 0.3) is 0 Å². The summed E-state index contributed by atoms with van der Waals surface area (Å²) in [5, 5.41) is 0. The molecule has 0 amide bonds. The predicted molar refractivity (Wildman–Crippen MR) is 92.7 cm³/mol. The largest absolute Gasteiger partial charge is 0.497 e. The zero-order valence-corrected chi connectivity index (χ0v) is 14.8. The Morgan fingerprint density at radius 3 is 2.71 bits per heavy atom. The summed E-state index contributed by atoms with van der Waals surface area (Å²) in [4.78, 5) is 2.50. The summed E-state index contributed by atoms with van der Waals surface area (Å²) in [6, 6.07) is 6.06. The van der Waals surface area contributed by atoms with Crippen molar-refractivity contribution in [2.45, 2.75) is 31.9 Å². The third-order valence-electron chi connectivity index (χ3n) is 4.91. The zero-order valence-electron chi connectivity index (χ0n) is 14.8. The lowest BCUT2D eigenvalue weighted by atomic mass is 10.1. The third-order valence-corrected chi connectivity index (χ3v) is 4.91. The van der Waals surface area contributed by atoms with Gasteiger partial charge in [0, 0.05) is 44.5 Å². The molecule has 0 N–H and O–H groups in total. The van der Waals surface area contributed by atoms with Crippen LogP contribution in [0.4, 0.5) is 0 Å². The minimum Gasteiger partial charge on any atom is -0.497 e. The van der Waals surface area contributed by atoms with Crippen LogP contribution in [0.25, 0.3) is 0 Å². The fourth-order valence-corrected chi connectivity index (χ4v) is 3.60. The topological polar surface area (TPSA) is 40.2 Å². The van der Waals surface area contributed by atoms with Gasteiger partial charge in [-0.15, -0.1) is 0 Å². The number of hydrogen-bond donors (Lipinski definition) is 0. The smallest absolute Gasteiger partial charge is 0.127 e. The normalized spacial score (nSPS) is 23.8. The van der Waals surface area contributed by atoms with E-state index >= 15 is 0 Å². The highest BCUT2D eigenvalue weighted by Crippen LogP contribution is 2.27. The van der Waals surface area contributed by atoms with E-state index < -0.39 is 0 Å². The van der Waals surface area contributed by atoms with E-state index in [1.54, 1.807) is 14.2 Å². The molecular formula is C19H29NO4. The number of rotatable bonds is 8. The Morgan fingerprint density at radius 1 is 1.12 bits per heavy atom. The molecule has 0 aromatic heterocycles. The van der Waals surface area contributed by atoms with Crippen LogP contribution >= 0.6 is 0 Å². The van der Waals surface area contributed by atoms with Gasteiger partial charge in [-0.1, -0.05) is 6.07 Å². The van der Waals surface area contributed by atoms with E-state index in [1.807, 2.05) is 12.1 Å². The molecule has 2 aliphatic rings. The Balaban J connectivity index is 1.69. The van der Waals surface area contributed by atoms with E-state index in [4.69, 9.17) is 18.9 Å². The van der Waals surface area contributed by atoms with Crippen molar-refractivity contribution < 1.29 is 18.9 Å². The van der Waals surface area contributed by atoms with E-state index in [0.29, 0.717) is 12.0 Å². The lowest BCUT2D eigenvalue weighted by molar-refractivity contribution is 0.0628. The molecule has 1 aromatic rings. The van der Waals surface area contributed by atoms with Crippen LogP contribution in [0.2, 0.25) is 0 Å². The summed E-state index contributed by atoms with van der Waals surface area (Å²) >= 11 is 0. The number of nitrogens with zero attached hydrogens (tertiary/aromatic N) is 1. The van der Waals surface area contributed by atoms with E-state index in [2.05, 4.69) is 11.0 Å². The van der Waals surface area contributed by atoms with E-state index in [1.165, 1.54) is 12.0 Å². The summed E-state index contributed by atoms with van der Waals surface area (Å²) < 4.78 is 22.3. The molecule has 3 rings (SSSR count). The van der Waals surface area contributed by atoms with E-state index in [9.17, 15) is 0 Å². The van der Waals surface area contributed by atoms with Crippen LogP contribution in [0.3, 0.4) is 0 Å². The van der Waals surface area contributed by atoms with Crippen LogP contribution in [-0.4, -0.2) is 58.1 Å². The fraction of sp³-hybridized carbons (Fsp3) is 0.684. The number of methoxy groups -OCH3 is 2. The van der Waals surface area contributed by atoms with Crippen molar-refractivity contribution >= 4 is 0 Å². The lowest BCUT2D eigenvalue weighted by Gasteiger charge is -2.28. The van der Waals surface area contributed by atoms with Crippen molar-refractivity contribution in [3.63, 3.8) is 0 Å². The third kappa shape index (κ3) is 4.62. The second-order valence-electron chi connectivity index (χ2n) is 6.74. The van der Waals surface area contributed by atoms with Gasteiger partial charge in [-0.05, 0) is 31.2 Å². The molecule has 2 heterocycles. The highest BCUT2D eigenvalue weighted by atomic mass is 16.5. The van der Waals surface area contributed by atoms with Crippen molar-refractivity contribution in [1.82, 2.24) is 4.90 Å². The van der Waals surface area contributed by atoms with Crippen LogP contribution in [-0.2, 0) is 16.0 Å². The van der Waals surface area contributed by atoms with Gasteiger partial charge in [-0.3, -0.25) is 4.90 Å². The first-order chi connectivity index (χ1) is 11.8. The molecule has 134 valence electrons. The van der Waals surface area contributed by atoms with Gasteiger partial charge >= 0.3 is 0 Å². The summed E-state index contributed by atoms with van der Waals surface area (Å²) in [5.41, 5.74) is 1.19. The first-order valence-corrected chi connectivity index (χ1v) is 8.91. The summed E-state index contributed by atoms with van der Waals surface area (Å²) in [7, 11) is 3.39. The van der Waals surface area contributed by atoms with Gasteiger partial charge in [0.2, 0.25) is 0 Å². The highest BCUT2D eigenvalue weighted by Gasteiger charge is 2.24. The summed E-state index contributed by atoms with van der Waals surface area (Å²) in [6.45, 7) is 5.56. The molecule has 2 atom stereocenters. The van der Waals surface area contributed by atoms with Crippen LogP contribution in [0, 0.1) is 5.92 Å². The Bertz CT molecular complexity index is 492. The molecule has 1 aromatic carbocycles. The fourth-order valence-electron chi connectivity index (χ4n) is 3.60. The number of ether oxygens (including phenoxy) is 4. The van der Waals surface area contributed by atoms with Crippen molar-refractivity contribution in [2.24, 2.45) is 5.92 Å². The molecule has 0 bridgehead atoms.